The molecule has 2 heterocycles. The largest absolute Gasteiger partial charge is 0.423 e. The smallest absolute Gasteiger partial charge is 0.236 e. The molecule has 1 aliphatic rings. The lowest BCUT2D eigenvalue weighted by Gasteiger charge is -1.85. The molecule has 4 nitrogen and oxygen atoms in total. The second-order valence-corrected chi connectivity index (χ2v) is 2.64. The number of H-pyrrole nitrogens is 1. The zero-order valence-electron chi connectivity index (χ0n) is 6.23. The molecule has 0 atom stereocenters. The zero-order chi connectivity index (χ0) is 7.97. The van der Waals surface area contributed by atoms with Crippen molar-refractivity contribution in [2.45, 2.75) is 0 Å². The van der Waals surface area contributed by atoms with E-state index >= 15 is 0 Å². The average Bonchev–Trinajstić information content (AvgIpc) is 2.62. The molecule has 4 heteroatoms. The predicted octanol–water partition coefficient (Wildman–Crippen LogP) is 0.496. The summed E-state index contributed by atoms with van der Waals surface area (Å²) in [6.45, 7) is 0. The number of para-hydroxylation sites is 2. The summed E-state index contributed by atoms with van der Waals surface area (Å²) >= 11 is 0. The van der Waals surface area contributed by atoms with Gasteiger partial charge in [0, 0.05) is 0 Å². The Kier molecular flexibility index (Phi) is 0.889. The normalized spacial score (nSPS) is 13.3. The summed E-state index contributed by atoms with van der Waals surface area (Å²) in [7, 11) is 0. The van der Waals surface area contributed by atoms with Gasteiger partial charge in [-0.25, -0.2) is 4.98 Å². The number of rotatable bonds is 0. The Balaban J connectivity index is 2.49. The molecule has 0 saturated heterocycles. The first-order valence-corrected chi connectivity index (χ1v) is 3.71. The van der Waals surface area contributed by atoms with Crippen LogP contribution in [0.2, 0.25) is 0 Å². The topological polar surface area (TPSA) is 46.1 Å². The molecule has 3 rings (SSSR count). The van der Waals surface area contributed by atoms with E-state index in [0.29, 0.717) is 0 Å². The molecular formula is C8H6N4+. The maximum absolute atomic E-state index is 4.08. The number of aliphatic imine (C=N–C) groups is 1. The van der Waals surface area contributed by atoms with E-state index in [1.807, 2.05) is 24.3 Å². The minimum absolute atomic E-state index is 0.788. The van der Waals surface area contributed by atoms with Gasteiger partial charge in [0.15, 0.2) is 5.52 Å². The number of fused-ring (bicyclic) bond motifs is 3. The molecule has 2 aromatic rings. The molecule has 1 aromatic heterocycles. The van der Waals surface area contributed by atoms with Gasteiger partial charge >= 0.3 is 5.95 Å². The molecule has 12 heavy (non-hydrogen) atoms. The van der Waals surface area contributed by atoms with Crippen molar-refractivity contribution in [2.75, 3.05) is 0 Å². The van der Waals surface area contributed by atoms with Gasteiger partial charge < -0.3 is 0 Å². The highest BCUT2D eigenvalue weighted by Gasteiger charge is 2.21. The maximum Gasteiger partial charge on any atom is 0.423 e. The summed E-state index contributed by atoms with van der Waals surface area (Å²) in [6, 6.07) is 7.98. The number of aromatic amines is 1. The minimum Gasteiger partial charge on any atom is -0.236 e. The molecule has 0 aliphatic carbocycles. The maximum atomic E-state index is 4.08. The van der Waals surface area contributed by atoms with Crippen molar-refractivity contribution < 1.29 is 4.68 Å². The van der Waals surface area contributed by atoms with E-state index in [9.17, 15) is 0 Å². The lowest BCUT2D eigenvalue weighted by atomic mass is 10.3. The first kappa shape index (κ1) is 5.77. The quantitative estimate of drug-likeness (QED) is 0.542. The summed E-state index contributed by atoms with van der Waals surface area (Å²) < 4.78 is 1.79. The van der Waals surface area contributed by atoms with E-state index in [0.717, 1.165) is 17.0 Å². The van der Waals surface area contributed by atoms with Crippen molar-refractivity contribution in [1.82, 2.24) is 10.4 Å². The Morgan fingerprint density at radius 1 is 1.25 bits per heavy atom. The molecule has 57 valence electrons. The zero-order valence-corrected chi connectivity index (χ0v) is 6.23. The highest BCUT2D eigenvalue weighted by molar-refractivity contribution is 5.74. The average molecular weight is 158 g/mol. The van der Waals surface area contributed by atoms with Crippen molar-refractivity contribution in [2.24, 2.45) is 4.99 Å². The highest BCUT2D eigenvalue weighted by atomic mass is 15.5. The van der Waals surface area contributed by atoms with E-state index in [1.54, 1.807) is 4.68 Å². The SMILES string of the molecule is C1=Nc2[nH]c3ccccc3[n+]2[N]1. The van der Waals surface area contributed by atoms with E-state index in [-0.39, 0.29) is 0 Å². The first-order chi connectivity index (χ1) is 5.95. The van der Waals surface area contributed by atoms with Gasteiger partial charge in [-0.05, 0) is 12.1 Å². The van der Waals surface area contributed by atoms with E-state index in [2.05, 4.69) is 15.4 Å². The van der Waals surface area contributed by atoms with Crippen LogP contribution in [0.15, 0.2) is 29.3 Å². The third-order valence-electron chi connectivity index (χ3n) is 1.93. The molecule has 0 spiro atoms. The third kappa shape index (κ3) is 0.567. The summed E-state index contributed by atoms with van der Waals surface area (Å²) in [4.78, 5) is 7.20. The van der Waals surface area contributed by atoms with Crippen molar-refractivity contribution in [3.05, 3.63) is 24.3 Å². The molecule has 1 radical (unpaired) electrons. The summed E-state index contributed by atoms with van der Waals surface area (Å²) in [5.74, 6) is 0.788. The molecule has 0 saturated carbocycles. The monoisotopic (exact) mass is 158 g/mol. The van der Waals surface area contributed by atoms with Crippen molar-refractivity contribution in [3.8, 4) is 0 Å². The summed E-state index contributed by atoms with van der Waals surface area (Å²) in [6.07, 6.45) is 1.54. The number of nitrogens with zero attached hydrogens (tertiary/aromatic N) is 3. The summed E-state index contributed by atoms with van der Waals surface area (Å²) in [5.41, 5.74) is 6.20. The van der Waals surface area contributed by atoms with Crippen LogP contribution in [0, 0.1) is 0 Å². The number of hydrogen-bond acceptors (Lipinski definition) is 1. The number of aromatic nitrogens is 2. The molecule has 0 unspecified atom stereocenters. The molecular weight excluding hydrogens is 152 g/mol. The van der Waals surface area contributed by atoms with Crippen molar-refractivity contribution in [1.29, 1.82) is 0 Å². The van der Waals surface area contributed by atoms with Crippen LogP contribution < -0.4 is 10.1 Å². The van der Waals surface area contributed by atoms with Crippen LogP contribution in [0.3, 0.4) is 0 Å². The van der Waals surface area contributed by atoms with E-state index < -0.39 is 0 Å². The van der Waals surface area contributed by atoms with Crippen molar-refractivity contribution in [3.63, 3.8) is 0 Å². The highest BCUT2D eigenvalue weighted by Crippen LogP contribution is 2.13. The van der Waals surface area contributed by atoms with Gasteiger partial charge in [-0.1, -0.05) is 27.2 Å². The van der Waals surface area contributed by atoms with Gasteiger partial charge in [0.25, 0.3) is 0 Å². The van der Waals surface area contributed by atoms with Gasteiger partial charge in [-0.2, -0.15) is 0 Å². The van der Waals surface area contributed by atoms with Gasteiger partial charge in [0.05, 0.1) is 0 Å². The standard InChI is InChI=1S/C8H6N4/c1-2-4-7-6(3-1)11-8-9-5-10-12(7)8/h1-5,11H/q+1. The Hall–Kier alpha value is -1.84. The summed E-state index contributed by atoms with van der Waals surface area (Å²) in [5, 5.41) is 0. The Morgan fingerprint density at radius 3 is 3.17 bits per heavy atom. The number of benzene rings is 1. The van der Waals surface area contributed by atoms with E-state index in [4.69, 9.17) is 0 Å². The lowest BCUT2D eigenvalue weighted by molar-refractivity contribution is -0.673. The van der Waals surface area contributed by atoms with Crippen LogP contribution in [0.25, 0.3) is 11.0 Å². The minimum atomic E-state index is 0.788. The number of nitrogens with one attached hydrogen (secondary N) is 1. The molecule has 0 amide bonds. The first-order valence-electron chi connectivity index (χ1n) is 3.71. The van der Waals surface area contributed by atoms with Gasteiger partial charge in [0.1, 0.15) is 5.52 Å². The molecule has 0 fully saturated rings. The fourth-order valence-corrected chi connectivity index (χ4v) is 1.39. The van der Waals surface area contributed by atoms with Gasteiger partial charge in [-0.3, -0.25) is 0 Å². The second-order valence-electron chi connectivity index (χ2n) is 2.64. The Labute approximate surface area is 68.5 Å². The Bertz CT molecular complexity index is 469. The van der Waals surface area contributed by atoms with E-state index in [1.165, 1.54) is 6.34 Å². The predicted molar refractivity (Wildman–Crippen MR) is 44.2 cm³/mol. The fraction of sp³-hybridized carbons (Fsp3) is 0. The van der Waals surface area contributed by atoms with Gasteiger partial charge in [-0.15, -0.1) is 0 Å². The Morgan fingerprint density at radius 2 is 2.17 bits per heavy atom. The lowest BCUT2D eigenvalue weighted by Crippen LogP contribution is -2.38. The number of hydrogen-bond donors (Lipinski definition) is 1. The van der Waals surface area contributed by atoms with Crippen LogP contribution in [0.4, 0.5) is 5.95 Å². The number of imidazole rings is 1. The second kappa shape index (κ2) is 1.85. The van der Waals surface area contributed by atoms with Crippen LogP contribution in [-0.4, -0.2) is 11.3 Å². The third-order valence-corrected chi connectivity index (χ3v) is 1.93. The molecule has 1 aromatic carbocycles. The van der Waals surface area contributed by atoms with Crippen LogP contribution in [0.5, 0.6) is 0 Å². The van der Waals surface area contributed by atoms with Crippen molar-refractivity contribution >= 4 is 23.3 Å². The fourth-order valence-electron chi connectivity index (χ4n) is 1.39. The van der Waals surface area contributed by atoms with Crippen LogP contribution in [0.1, 0.15) is 0 Å². The molecule has 1 N–H and O–H groups in total. The van der Waals surface area contributed by atoms with Crippen LogP contribution in [-0.2, 0) is 0 Å². The van der Waals surface area contributed by atoms with Gasteiger partial charge in [0.2, 0.25) is 6.34 Å². The molecule has 0 bridgehead atoms. The molecule has 1 aliphatic heterocycles. The van der Waals surface area contributed by atoms with Crippen LogP contribution >= 0.6 is 0 Å².